The Bertz CT molecular complexity index is 231. The molecule has 0 radical (unpaired) electrons. The summed E-state index contributed by atoms with van der Waals surface area (Å²) in [7, 11) is 0. The van der Waals surface area contributed by atoms with Crippen molar-refractivity contribution in [2.75, 3.05) is 6.61 Å². The number of ether oxygens (including phenoxy) is 1. The molecule has 0 aliphatic heterocycles. The molecule has 0 bridgehead atoms. The average Bonchev–Trinajstić information content (AvgIpc) is 2.07. The predicted molar refractivity (Wildman–Crippen MR) is 44.6 cm³/mol. The maximum Gasteiger partial charge on any atom is 0.225 e. The molecule has 56 valence electrons. The van der Waals surface area contributed by atoms with E-state index in [0.29, 0.717) is 6.61 Å². The van der Waals surface area contributed by atoms with Gasteiger partial charge < -0.3 is 4.74 Å². The molecule has 0 atom stereocenters. The summed E-state index contributed by atoms with van der Waals surface area (Å²) in [4.78, 5) is 0. The van der Waals surface area contributed by atoms with Gasteiger partial charge in [0.15, 0.2) is 0 Å². The topological polar surface area (TPSA) is 33.1 Å². The first-order chi connectivity index (χ1) is 5.34. The van der Waals surface area contributed by atoms with E-state index in [1.807, 2.05) is 30.3 Å². The van der Waals surface area contributed by atoms with Crippen molar-refractivity contribution in [1.82, 2.24) is 0 Å². The minimum Gasteiger partial charge on any atom is -0.436 e. The van der Waals surface area contributed by atoms with Crippen LogP contribution >= 0.6 is 0 Å². The van der Waals surface area contributed by atoms with E-state index in [9.17, 15) is 0 Å². The van der Waals surface area contributed by atoms with E-state index in [1.54, 1.807) is 0 Å². The van der Waals surface area contributed by atoms with Crippen LogP contribution in [0.1, 0.15) is 5.56 Å². The summed E-state index contributed by atoms with van der Waals surface area (Å²) in [5, 5.41) is 7.37. The standard InChI is InChI=1S/C9H10NO/c1-2-11-9(10)8-6-4-3-5-7-8/h3-7,10H,1-2H2/q+1. The van der Waals surface area contributed by atoms with Crippen molar-refractivity contribution in [2.24, 2.45) is 0 Å². The summed E-state index contributed by atoms with van der Waals surface area (Å²) < 4.78 is 4.90. The van der Waals surface area contributed by atoms with Crippen molar-refractivity contribution in [3.8, 4) is 0 Å². The molecule has 1 aromatic carbocycles. The van der Waals surface area contributed by atoms with Crippen LogP contribution in [-0.2, 0) is 4.74 Å². The van der Waals surface area contributed by atoms with Crippen molar-refractivity contribution in [2.45, 2.75) is 0 Å². The van der Waals surface area contributed by atoms with Gasteiger partial charge in [-0.2, -0.15) is 0 Å². The lowest BCUT2D eigenvalue weighted by Gasteiger charge is -2.00. The Kier molecular flexibility index (Phi) is 2.55. The lowest BCUT2D eigenvalue weighted by Crippen LogP contribution is -2.03. The fraction of sp³-hybridized carbons (Fsp3) is 0.111. The quantitative estimate of drug-likeness (QED) is 0.387. The van der Waals surface area contributed by atoms with Gasteiger partial charge in [-0.15, -0.1) is 0 Å². The molecular formula is C9H10NO+. The highest BCUT2D eigenvalue weighted by Gasteiger charge is 1.99. The molecule has 1 N–H and O–H groups in total. The van der Waals surface area contributed by atoms with Gasteiger partial charge in [0.25, 0.3) is 0 Å². The Hall–Kier alpha value is -1.44. The van der Waals surface area contributed by atoms with Crippen LogP contribution in [0, 0.1) is 12.3 Å². The summed E-state index contributed by atoms with van der Waals surface area (Å²) in [6.07, 6.45) is 0. The number of nitrogens with one attached hydrogen (secondary N) is 1. The third-order valence-corrected chi connectivity index (χ3v) is 1.28. The summed E-state index contributed by atoms with van der Waals surface area (Å²) in [5.41, 5.74) is 0.788. The second-order valence-corrected chi connectivity index (χ2v) is 2.04. The molecule has 1 rings (SSSR count). The zero-order chi connectivity index (χ0) is 8.10. The summed E-state index contributed by atoms with van der Waals surface area (Å²) in [6, 6.07) is 9.31. The van der Waals surface area contributed by atoms with Gasteiger partial charge in [-0.1, -0.05) is 18.2 Å². The van der Waals surface area contributed by atoms with Crippen LogP contribution in [0.4, 0.5) is 0 Å². The summed E-state index contributed by atoms with van der Waals surface area (Å²) in [5.74, 6) is 0.181. The molecule has 0 unspecified atom stereocenters. The minimum absolute atomic E-state index is 0.181. The van der Waals surface area contributed by atoms with E-state index >= 15 is 0 Å². The monoisotopic (exact) mass is 148 g/mol. The number of hydrogen-bond donors (Lipinski definition) is 1. The largest absolute Gasteiger partial charge is 0.436 e. The Morgan fingerprint density at radius 2 is 2.00 bits per heavy atom. The Balaban J connectivity index is 2.69. The van der Waals surface area contributed by atoms with Crippen molar-refractivity contribution >= 4 is 5.90 Å². The first-order valence-electron chi connectivity index (χ1n) is 3.40. The zero-order valence-corrected chi connectivity index (χ0v) is 6.21. The highest BCUT2D eigenvalue weighted by molar-refractivity contribution is 5.91. The average molecular weight is 148 g/mol. The van der Waals surface area contributed by atoms with Crippen molar-refractivity contribution < 1.29 is 4.74 Å². The number of hydrogen-bond acceptors (Lipinski definition) is 2. The fourth-order valence-corrected chi connectivity index (χ4v) is 0.775. The molecule has 0 heterocycles. The molecule has 1 aromatic rings. The molecule has 11 heavy (non-hydrogen) atoms. The molecule has 0 spiro atoms. The third-order valence-electron chi connectivity index (χ3n) is 1.28. The Morgan fingerprint density at radius 1 is 1.36 bits per heavy atom. The van der Waals surface area contributed by atoms with E-state index in [4.69, 9.17) is 10.1 Å². The molecule has 0 aliphatic rings. The van der Waals surface area contributed by atoms with Crippen molar-refractivity contribution in [1.29, 1.82) is 5.41 Å². The third kappa shape index (κ3) is 2.00. The van der Waals surface area contributed by atoms with Gasteiger partial charge in [-0.05, 0) is 12.1 Å². The van der Waals surface area contributed by atoms with Gasteiger partial charge in [0, 0.05) is 5.56 Å². The molecule has 2 nitrogen and oxygen atoms in total. The number of rotatable bonds is 2. The molecule has 0 aliphatic carbocycles. The highest BCUT2D eigenvalue weighted by Crippen LogP contribution is 1.99. The molecule has 2 heteroatoms. The van der Waals surface area contributed by atoms with Gasteiger partial charge in [-0.25, -0.2) is 0 Å². The minimum atomic E-state index is 0.181. The van der Waals surface area contributed by atoms with Crippen LogP contribution in [0.3, 0.4) is 0 Å². The Labute approximate surface area is 66.3 Å². The summed E-state index contributed by atoms with van der Waals surface area (Å²) in [6.45, 7) is 3.79. The molecule has 0 aromatic heterocycles. The molecule has 0 saturated heterocycles. The SMILES string of the molecule is [CH2+]COC(=N)c1ccccc1. The molecule has 0 saturated carbocycles. The van der Waals surface area contributed by atoms with Gasteiger partial charge in [0.05, 0.1) is 0 Å². The van der Waals surface area contributed by atoms with Crippen LogP contribution < -0.4 is 0 Å². The van der Waals surface area contributed by atoms with Gasteiger partial charge in [0.2, 0.25) is 12.5 Å². The lowest BCUT2D eigenvalue weighted by atomic mass is 10.2. The molecular weight excluding hydrogens is 138 g/mol. The van der Waals surface area contributed by atoms with Crippen LogP contribution in [-0.4, -0.2) is 12.5 Å². The van der Waals surface area contributed by atoms with Gasteiger partial charge >= 0.3 is 0 Å². The molecule has 0 fully saturated rings. The normalized spacial score (nSPS) is 9.09. The van der Waals surface area contributed by atoms with E-state index in [1.165, 1.54) is 0 Å². The van der Waals surface area contributed by atoms with Crippen molar-refractivity contribution in [3.63, 3.8) is 0 Å². The van der Waals surface area contributed by atoms with E-state index < -0.39 is 0 Å². The van der Waals surface area contributed by atoms with Gasteiger partial charge in [-0.3, -0.25) is 5.41 Å². The second-order valence-electron chi connectivity index (χ2n) is 2.04. The predicted octanol–water partition coefficient (Wildman–Crippen LogP) is 1.86. The second kappa shape index (κ2) is 3.66. The van der Waals surface area contributed by atoms with E-state index in [2.05, 4.69) is 6.92 Å². The number of benzene rings is 1. The Morgan fingerprint density at radius 3 is 2.55 bits per heavy atom. The smallest absolute Gasteiger partial charge is 0.225 e. The lowest BCUT2D eigenvalue weighted by molar-refractivity contribution is 0.346. The maximum absolute atomic E-state index is 7.37. The van der Waals surface area contributed by atoms with Crippen LogP contribution in [0.2, 0.25) is 0 Å². The first kappa shape index (κ1) is 7.66. The first-order valence-corrected chi connectivity index (χ1v) is 3.40. The van der Waals surface area contributed by atoms with Crippen LogP contribution in [0.15, 0.2) is 30.3 Å². The van der Waals surface area contributed by atoms with Crippen LogP contribution in [0.5, 0.6) is 0 Å². The van der Waals surface area contributed by atoms with Crippen LogP contribution in [0.25, 0.3) is 0 Å². The fourth-order valence-electron chi connectivity index (χ4n) is 0.775. The van der Waals surface area contributed by atoms with E-state index in [-0.39, 0.29) is 5.90 Å². The molecule has 0 amide bonds. The maximum atomic E-state index is 7.37. The summed E-state index contributed by atoms with van der Waals surface area (Å²) >= 11 is 0. The van der Waals surface area contributed by atoms with Gasteiger partial charge in [0.1, 0.15) is 6.92 Å². The zero-order valence-electron chi connectivity index (χ0n) is 6.21. The van der Waals surface area contributed by atoms with Crippen molar-refractivity contribution in [3.05, 3.63) is 42.8 Å². The highest BCUT2D eigenvalue weighted by atomic mass is 16.5. The van der Waals surface area contributed by atoms with E-state index in [0.717, 1.165) is 5.56 Å².